The van der Waals surface area contributed by atoms with Crippen LogP contribution in [0, 0.1) is 17.6 Å². The lowest BCUT2D eigenvalue weighted by Gasteiger charge is -2.21. The zero-order chi connectivity index (χ0) is 26.5. The first-order chi connectivity index (χ1) is 17.9. The van der Waals surface area contributed by atoms with E-state index in [4.69, 9.17) is 14.2 Å². The van der Waals surface area contributed by atoms with Crippen molar-refractivity contribution in [1.29, 1.82) is 0 Å². The molecule has 0 radical (unpaired) electrons. The number of ether oxygens (including phenoxy) is 3. The third-order valence-corrected chi connectivity index (χ3v) is 6.54. The van der Waals surface area contributed by atoms with Gasteiger partial charge in [-0.25, -0.2) is 8.78 Å². The molecule has 0 saturated carbocycles. The van der Waals surface area contributed by atoms with Gasteiger partial charge in [0.15, 0.2) is 11.5 Å². The number of carbonyl (C=O) groups excluding carboxylic acids is 2. The quantitative estimate of drug-likeness (QED) is 0.493. The molecule has 7 nitrogen and oxygen atoms in total. The molecule has 1 N–H and O–H groups in total. The molecule has 1 saturated heterocycles. The van der Waals surface area contributed by atoms with Crippen molar-refractivity contribution in [2.24, 2.45) is 5.92 Å². The summed E-state index contributed by atoms with van der Waals surface area (Å²) in [5.74, 6) is -1.60. The molecule has 0 aromatic heterocycles. The molecule has 3 aromatic rings. The van der Waals surface area contributed by atoms with Gasteiger partial charge in [0.05, 0.1) is 32.8 Å². The number of nitrogens with one attached hydrogen (secondary N) is 1. The van der Waals surface area contributed by atoms with Gasteiger partial charge in [0.2, 0.25) is 11.7 Å². The zero-order valence-electron chi connectivity index (χ0n) is 20.8. The fraction of sp³-hybridized carbons (Fsp3) is 0.286. The number of rotatable bonds is 8. The molecular formula is C28H28F2N2O5. The standard InChI is InChI=1S/C28H28F2N2O5/c1-35-24-12-18(13-25(36-2)26(24)37-3)21-15-32(28(34)20-6-4-5-7-23(20)30)16-22(21)27(33)31-14-17-8-10-19(29)11-9-17/h4-13,21-22H,14-16H2,1-3H3,(H,31,33)/t21-,22-/m0/s1. The number of amides is 2. The topological polar surface area (TPSA) is 77.1 Å². The largest absolute Gasteiger partial charge is 0.493 e. The van der Waals surface area contributed by atoms with Crippen LogP contribution in [0.4, 0.5) is 8.78 Å². The van der Waals surface area contributed by atoms with Gasteiger partial charge in [-0.3, -0.25) is 9.59 Å². The number of hydrogen-bond acceptors (Lipinski definition) is 5. The van der Waals surface area contributed by atoms with E-state index in [0.29, 0.717) is 22.8 Å². The van der Waals surface area contributed by atoms with E-state index in [0.717, 1.165) is 5.56 Å². The highest BCUT2D eigenvalue weighted by Crippen LogP contribution is 2.43. The molecular weight excluding hydrogens is 482 g/mol. The molecule has 1 fully saturated rings. The number of carbonyl (C=O) groups is 2. The van der Waals surface area contributed by atoms with Gasteiger partial charge in [0.1, 0.15) is 11.6 Å². The van der Waals surface area contributed by atoms with Crippen molar-refractivity contribution in [3.05, 3.63) is 89.0 Å². The molecule has 3 aromatic carbocycles. The van der Waals surface area contributed by atoms with Gasteiger partial charge in [-0.15, -0.1) is 0 Å². The van der Waals surface area contributed by atoms with Crippen molar-refractivity contribution >= 4 is 11.8 Å². The average Bonchev–Trinajstić information content (AvgIpc) is 3.37. The van der Waals surface area contributed by atoms with E-state index >= 15 is 0 Å². The lowest BCUT2D eigenvalue weighted by molar-refractivity contribution is -0.125. The fourth-order valence-corrected chi connectivity index (χ4v) is 4.62. The highest BCUT2D eigenvalue weighted by Gasteiger charge is 2.41. The second-order valence-electron chi connectivity index (χ2n) is 8.71. The maximum absolute atomic E-state index is 14.4. The van der Waals surface area contributed by atoms with E-state index < -0.39 is 23.6 Å². The Labute approximate surface area is 213 Å². The van der Waals surface area contributed by atoms with Crippen LogP contribution in [0.15, 0.2) is 60.7 Å². The maximum Gasteiger partial charge on any atom is 0.256 e. The average molecular weight is 511 g/mol. The molecule has 2 atom stereocenters. The van der Waals surface area contributed by atoms with Crippen LogP contribution in [0.3, 0.4) is 0 Å². The van der Waals surface area contributed by atoms with Crippen LogP contribution in [0.25, 0.3) is 0 Å². The lowest BCUT2D eigenvalue weighted by atomic mass is 9.87. The Morgan fingerprint density at radius 3 is 2.16 bits per heavy atom. The summed E-state index contributed by atoms with van der Waals surface area (Å²) in [6, 6.07) is 15.1. The monoisotopic (exact) mass is 510 g/mol. The van der Waals surface area contributed by atoms with E-state index in [-0.39, 0.29) is 36.9 Å². The predicted octanol–water partition coefficient (Wildman–Crippen LogP) is 4.16. The first-order valence-corrected chi connectivity index (χ1v) is 11.7. The molecule has 0 aliphatic carbocycles. The molecule has 0 spiro atoms. The minimum Gasteiger partial charge on any atom is -0.493 e. The summed E-state index contributed by atoms with van der Waals surface area (Å²) in [4.78, 5) is 28.1. The van der Waals surface area contributed by atoms with Crippen LogP contribution in [-0.2, 0) is 11.3 Å². The van der Waals surface area contributed by atoms with Gasteiger partial charge in [0, 0.05) is 25.6 Å². The van der Waals surface area contributed by atoms with Crippen molar-refractivity contribution in [3.8, 4) is 17.2 Å². The maximum atomic E-state index is 14.4. The second-order valence-corrected chi connectivity index (χ2v) is 8.71. The van der Waals surface area contributed by atoms with E-state index in [1.165, 1.54) is 56.6 Å². The summed E-state index contributed by atoms with van der Waals surface area (Å²) < 4.78 is 44.0. The zero-order valence-corrected chi connectivity index (χ0v) is 20.8. The summed E-state index contributed by atoms with van der Waals surface area (Å²) >= 11 is 0. The van der Waals surface area contributed by atoms with Crippen LogP contribution in [0.1, 0.15) is 27.4 Å². The number of methoxy groups -OCH3 is 3. The summed E-state index contributed by atoms with van der Waals surface area (Å²) in [7, 11) is 4.49. The number of hydrogen-bond donors (Lipinski definition) is 1. The van der Waals surface area contributed by atoms with Crippen molar-refractivity contribution < 1.29 is 32.6 Å². The molecule has 4 rings (SSSR count). The van der Waals surface area contributed by atoms with E-state index in [1.54, 1.807) is 30.3 Å². The van der Waals surface area contributed by atoms with E-state index in [1.807, 2.05) is 0 Å². The normalized spacial score (nSPS) is 16.8. The van der Waals surface area contributed by atoms with Crippen LogP contribution >= 0.6 is 0 Å². The highest BCUT2D eigenvalue weighted by molar-refractivity contribution is 5.95. The van der Waals surface area contributed by atoms with Crippen molar-refractivity contribution in [2.75, 3.05) is 34.4 Å². The van der Waals surface area contributed by atoms with E-state index in [9.17, 15) is 18.4 Å². The molecule has 0 bridgehead atoms. The summed E-state index contributed by atoms with van der Waals surface area (Å²) in [5, 5.41) is 2.89. The summed E-state index contributed by atoms with van der Waals surface area (Å²) in [6.45, 7) is 0.461. The molecule has 37 heavy (non-hydrogen) atoms. The van der Waals surface area contributed by atoms with Gasteiger partial charge in [-0.2, -0.15) is 0 Å². The van der Waals surface area contributed by atoms with Crippen molar-refractivity contribution in [2.45, 2.75) is 12.5 Å². The number of benzene rings is 3. The van der Waals surface area contributed by atoms with Gasteiger partial charge in [0.25, 0.3) is 5.91 Å². The van der Waals surface area contributed by atoms with Gasteiger partial charge in [-0.1, -0.05) is 24.3 Å². The van der Waals surface area contributed by atoms with Crippen LogP contribution in [0.2, 0.25) is 0 Å². The summed E-state index contributed by atoms with van der Waals surface area (Å²) in [5.41, 5.74) is 1.38. The Balaban J connectivity index is 1.65. The Kier molecular flexibility index (Phi) is 7.91. The Morgan fingerprint density at radius 2 is 1.57 bits per heavy atom. The first-order valence-electron chi connectivity index (χ1n) is 11.7. The highest BCUT2D eigenvalue weighted by atomic mass is 19.1. The minimum atomic E-state index is -0.640. The molecule has 0 unspecified atom stereocenters. The molecule has 9 heteroatoms. The van der Waals surface area contributed by atoms with Gasteiger partial charge < -0.3 is 24.4 Å². The number of nitrogens with zero attached hydrogens (tertiary/aromatic N) is 1. The molecule has 2 amide bonds. The predicted molar refractivity (Wildman–Crippen MR) is 133 cm³/mol. The molecule has 194 valence electrons. The van der Waals surface area contributed by atoms with E-state index in [2.05, 4.69) is 5.32 Å². The number of likely N-dealkylation sites (tertiary alicyclic amines) is 1. The van der Waals surface area contributed by atoms with Crippen molar-refractivity contribution in [1.82, 2.24) is 10.2 Å². The number of halogens is 2. The van der Waals surface area contributed by atoms with Crippen LogP contribution in [-0.4, -0.2) is 51.1 Å². The second kappa shape index (κ2) is 11.3. The Bertz CT molecular complexity index is 1260. The van der Waals surface area contributed by atoms with Gasteiger partial charge in [-0.05, 0) is 47.5 Å². The fourth-order valence-electron chi connectivity index (χ4n) is 4.62. The molecule has 1 heterocycles. The minimum absolute atomic E-state index is 0.0569. The Morgan fingerprint density at radius 1 is 0.919 bits per heavy atom. The smallest absolute Gasteiger partial charge is 0.256 e. The first kappa shape index (κ1) is 25.9. The lowest BCUT2D eigenvalue weighted by Crippen LogP contribution is -2.35. The molecule has 1 aliphatic rings. The Hall–Kier alpha value is -4.14. The SMILES string of the molecule is COc1cc([C@@H]2CN(C(=O)c3ccccc3F)C[C@@H]2C(=O)NCc2ccc(F)cc2)cc(OC)c1OC. The van der Waals surface area contributed by atoms with Crippen molar-refractivity contribution in [3.63, 3.8) is 0 Å². The van der Waals surface area contributed by atoms with Crippen LogP contribution < -0.4 is 19.5 Å². The third-order valence-electron chi connectivity index (χ3n) is 6.54. The van der Waals surface area contributed by atoms with Gasteiger partial charge >= 0.3 is 0 Å². The third kappa shape index (κ3) is 5.50. The summed E-state index contributed by atoms with van der Waals surface area (Å²) in [6.07, 6.45) is 0. The molecule has 1 aliphatic heterocycles. The van der Waals surface area contributed by atoms with Crippen LogP contribution in [0.5, 0.6) is 17.2 Å².